The quantitative estimate of drug-likeness (QED) is 0.401. The van der Waals surface area contributed by atoms with Gasteiger partial charge in [-0.3, -0.25) is 9.59 Å². The van der Waals surface area contributed by atoms with Gasteiger partial charge in [0.25, 0.3) is 0 Å². The molecule has 34 heavy (non-hydrogen) atoms. The van der Waals surface area contributed by atoms with Crippen LogP contribution in [0, 0.1) is 0 Å². The van der Waals surface area contributed by atoms with Crippen molar-refractivity contribution in [3.8, 4) is 23.0 Å². The topological polar surface area (TPSA) is 121 Å². The molecule has 0 aliphatic rings. The van der Waals surface area contributed by atoms with Gasteiger partial charge in [0.1, 0.15) is 23.0 Å². The Kier molecular flexibility index (Phi) is 9.51. The Balaban J connectivity index is 2.20. The molecule has 2 rings (SSSR count). The molecule has 0 bridgehead atoms. The maximum atomic E-state index is 12.5. The Bertz CT molecular complexity index is 1080. The monoisotopic (exact) mass is 470 g/mol. The molecule has 180 valence electrons. The Hall–Kier alpha value is -4.47. The summed E-state index contributed by atoms with van der Waals surface area (Å²) in [6, 6.07) is 8.05. The van der Waals surface area contributed by atoms with Crippen molar-refractivity contribution in [2.75, 3.05) is 46.2 Å². The fourth-order valence-corrected chi connectivity index (χ4v) is 2.81. The van der Waals surface area contributed by atoms with E-state index in [2.05, 4.69) is 15.4 Å². The van der Waals surface area contributed by atoms with E-state index in [1.807, 2.05) is 0 Å². The number of rotatable bonds is 10. The van der Waals surface area contributed by atoms with E-state index in [9.17, 15) is 14.4 Å². The predicted octanol–water partition coefficient (Wildman–Crippen LogP) is 3.04. The summed E-state index contributed by atoms with van der Waals surface area (Å²) in [5.74, 6) is 0.161. The fraction of sp³-hybridized carbons (Fsp3) is 0.208. The molecule has 0 saturated heterocycles. The van der Waals surface area contributed by atoms with E-state index < -0.39 is 17.8 Å². The van der Waals surface area contributed by atoms with Gasteiger partial charge in [0.2, 0.25) is 11.8 Å². The maximum Gasteiger partial charge on any atom is 0.330 e. The number of anilines is 2. The highest BCUT2D eigenvalue weighted by Gasteiger charge is 2.12. The number of carbonyl (C=O) groups is 3. The lowest BCUT2D eigenvalue weighted by Crippen LogP contribution is -2.12. The van der Waals surface area contributed by atoms with E-state index in [0.29, 0.717) is 39.9 Å². The van der Waals surface area contributed by atoms with Crippen LogP contribution in [0.3, 0.4) is 0 Å². The van der Waals surface area contributed by atoms with Crippen LogP contribution >= 0.6 is 0 Å². The molecular formula is C24H26N2O8. The minimum atomic E-state index is -0.667. The lowest BCUT2D eigenvalue weighted by molar-refractivity contribution is -0.135. The number of ether oxygens (including phenoxy) is 5. The highest BCUT2D eigenvalue weighted by molar-refractivity contribution is 6.05. The lowest BCUT2D eigenvalue weighted by Gasteiger charge is -2.13. The first-order valence-corrected chi connectivity index (χ1v) is 9.89. The summed E-state index contributed by atoms with van der Waals surface area (Å²) >= 11 is 0. The van der Waals surface area contributed by atoms with Crippen LogP contribution in [0.1, 0.15) is 5.56 Å². The summed E-state index contributed by atoms with van der Waals surface area (Å²) in [5, 5.41) is 5.28. The van der Waals surface area contributed by atoms with E-state index in [0.717, 1.165) is 12.2 Å². The van der Waals surface area contributed by atoms with E-state index in [1.165, 1.54) is 47.7 Å². The smallest absolute Gasteiger partial charge is 0.330 e. The average molecular weight is 470 g/mol. The van der Waals surface area contributed by atoms with Crippen LogP contribution in [0.25, 0.3) is 6.08 Å². The van der Waals surface area contributed by atoms with Gasteiger partial charge in [-0.15, -0.1) is 0 Å². The van der Waals surface area contributed by atoms with Crippen molar-refractivity contribution in [3.05, 3.63) is 54.1 Å². The largest absolute Gasteiger partial charge is 0.496 e. The third kappa shape index (κ3) is 7.02. The van der Waals surface area contributed by atoms with E-state index in [-0.39, 0.29) is 0 Å². The van der Waals surface area contributed by atoms with Crippen molar-refractivity contribution in [1.29, 1.82) is 0 Å². The Morgan fingerprint density at radius 1 is 0.706 bits per heavy atom. The number of benzene rings is 2. The standard InChI is InChI=1S/C24H26N2O8/c1-30-16-13-20(32-3)17(21(14-16)33-4)7-9-22(27)25-15-6-8-19(31-2)18(12-15)26-23(28)10-11-24(29)34-5/h6-14H,1-5H3,(H,25,27)(H,26,28)/b9-7+,11-10?. The van der Waals surface area contributed by atoms with Crippen molar-refractivity contribution in [2.24, 2.45) is 0 Å². The Labute approximate surface area is 197 Å². The lowest BCUT2D eigenvalue weighted by atomic mass is 10.1. The summed E-state index contributed by atoms with van der Waals surface area (Å²) in [6.07, 6.45) is 4.87. The van der Waals surface area contributed by atoms with Gasteiger partial charge in [-0.1, -0.05) is 0 Å². The minimum absolute atomic E-state index is 0.294. The summed E-state index contributed by atoms with van der Waals surface area (Å²) in [4.78, 5) is 35.7. The van der Waals surface area contributed by atoms with Crippen LogP contribution in [0.15, 0.2) is 48.6 Å². The molecule has 0 heterocycles. The SMILES string of the molecule is COC(=O)C=CC(=O)Nc1cc(NC(=O)/C=C/c2c(OC)cc(OC)cc2OC)ccc1OC. The van der Waals surface area contributed by atoms with Crippen molar-refractivity contribution in [2.45, 2.75) is 0 Å². The molecule has 2 amide bonds. The van der Waals surface area contributed by atoms with Crippen LogP contribution in [0.2, 0.25) is 0 Å². The molecule has 10 heteroatoms. The van der Waals surface area contributed by atoms with Gasteiger partial charge in [0.05, 0.1) is 46.8 Å². The van der Waals surface area contributed by atoms with Crippen molar-refractivity contribution in [1.82, 2.24) is 0 Å². The van der Waals surface area contributed by atoms with Crippen LogP contribution < -0.4 is 29.6 Å². The molecule has 0 fully saturated rings. The van der Waals surface area contributed by atoms with Crippen LogP contribution in [0.4, 0.5) is 11.4 Å². The van der Waals surface area contributed by atoms with Gasteiger partial charge in [0, 0.05) is 36.0 Å². The third-order valence-electron chi connectivity index (χ3n) is 4.45. The maximum absolute atomic E-state index is 12.5. The molecule has 0 aromatic heterocycles. The van der Waals surface area contributed by atoms with Gasteiger partial charge in [-0.25, -0.2) is 4.79 Å². The molecule has 0 spiro atoms. The number of esters is 1. The van der Waals surface area contributed by atoms with Crippen LogP contribution in [-0.4, -0.2) is 53.3 Å². The summed E-state index contributed by atoms with van der Waals surface area (Å²) < 4.78 is 25.6. The van der Waals surface area contributed by atoms with Crippen molar-refractivity contribution >= 4 is 35.2 Å². The van der Waals surface area contributed by atoms with Gasteiger partial charge in [-0.05, 0) is 24.3 Å². The number of amides is 2. The second kappa shape index (κ2) is 12.5. The van der Waals surface area contributed by atoms with Gasteiger partial charge in [0.15, 0.2) is 0 Å². The number of hydrogen-bond acceptors (Lipinski definition) is 8. The minimum Gasteiger partial charge on any atom is -0.496 e. The average Bonchev–Trinajstić information content (AvgIpc) is 2.85. The summed E-state index contributed by atoms with van der Waals surface area (Å²) in [7, 11) is 7.16. The second-order valence-corrected chi connectivity index (χ2v) is 6.53. The third-order valence-corrected chi connectivity index (χ3v) is 4.45. The molecule has 0 atom stereocenters. The fourth-order valence-electron chi connectivity index (χ4n) is 2.81. The first-order chi connectivity index (χ1) is 16.3. The molecule has 0 radical (unpaired) electrons. The highest BCUT2D eigenvalue weighted by Crippen LogP contribution is 2.35. The number of nitrogens with one attached hydrogen (secondary N) is 2. The van der Waals surface area contributed by atoms with Crippen LogP contribution in [-0.2, 0) is 19.1 Å². The van der Waals surface area contributed by atoms with Gasteiger partial charge >= 0.3 is 5.97 Å². The predicted molar refractivity (Wildman–Crippen MR) is 127 cm³/mol. The highest BCUT2D eigenvalue weighted by atomic mass is 16.5. The van der Waals surface area contributed by atoms with Gasteiger partial charge < -0.3 is 34.3 Å². The molecular weight excluding hydrogens is 444 g/mol. The molecule has 0 unspecified atom stereocenters. The second-order valence-electron chi connectivity index (χ2n) is 6.53. The molecule has 0 saturated carbocycles. The molecule has 2 N–H and O–H groups in total. The van der Waals surface area contributed by atoms with E-state index in [1.54, 1.807) is 30.3 Å². The number of carbonyl (C=O) groups excluding carboxylic acids is 3. The van der Waals surface area contributed by atoms with Gasteiger partial charge in [-0.2, -0.15) is 0 Å². The van der Waals surface area contributed by atoms with E-state index in [4.69, 9.17) is 18.9 Å². The Morgan fingerprint density at radius 3 is 1.88 bits per heavy atom. The summed E-state index contributed by atoms with van der Waals surface area (Å²) in [5.41, 5.74) is 1.25. The Morgan fingerprint density at radius 2 is 1.32 bits per heavy atom. The molecule has 0 aliphatic heterocycles. The van der Waals surface area contributed by atoms with Crippen molar-refractivity contribution in [3.63, 3.8) is 0 Å². The molecule has 2 aromatic carbocycles. The molecule has 0 aliphatic carbocycles. The normalized spacial score (nSPS) is 10.6. The number of hydrogen-bond donors (Lipinski definition) is 2. The van der Waals surface area contributed by atoms with E-state index >= 15 is 0 Å². The zero-order valence-corrected chi connectivity index (χ0v) is 19.5. The summed E-state index contributed by atoms with van der Waals surface area (Å²) in [6.45, 7) is 0. The zero-order chi connectivity index (χ0) is 25.1. The number of methoxy groups -OCH3 is 5. The first kappa shape index (κ1) is 25.8. The zero-order valence-electron chi connectivity index (χ0n) is 19.5. The van der Waals surface area contributed by atoms with Crippen LogP contribution in [0.5, 0.6) is 23.0 Å². The first-order valence-electron chi connectivity index (χ1n) is 9.89. The molecule has 2 aromatic rings. The van der Waals surface area contributed by atoms with Crippen molar-refractivity contribution < 1.29 is 38.1 Å². The molecule has 10 nitrogen and oxygen atoms in total.